The average molecular weight is 457 g/mol. The van der Waals surface area contributed by atoms with Gasteiger partial charge < -0.3 is 9.66 Å². The zero-order valence-corrected chi connectivity index (χ0v) is 17.8. The van der Waals surface area contributed by atoms with E-state index in [1.54, 1.807) is 36.4 Å². The third-order valence-electron chi connectivity index (χ3n) is 3.29. The number of thiol groups is 1. The summed E-state index contributed by atoms with van der Waals surface area (Å²) in [5.74, 6) is -1.72. The van der Waals surface area contributed by atoms with Gasteiger partial charge >= 0.3 is 5.97 Å². The maximum Gasteiger partial charge on any atom is 0.323 e. The van der Waals surface area contributed by atoms with Crippen LogP contribution in [0.25, 0.3) is 0 Å². The number of rotatable bonds is 7. The van der Waals surface area contributed by atoms with Gasteiger partial charge in [0.15, 0.2) is 5.78 Å². The molecule has 2 rings (SSSR count). The van der Waals surface area contributed by atoms with E-state index in [4.69, 9.17) is 9.66 Å². The van der Waals surface area contributed by atoms with E-state index in [1.165, 1.54) is 12.1 Å². The molecule has 2 aromatic carbocycles. The molecule has 0 aliphatic carbocycles. The van der Waals surface area contributed by atoms with Gasteiger partial charge in [-0.3, -0.25) is 19.8 Å². The van der Waals surface area contributed by atoms with Crippen LogP contribution in [-0.2, 0) is 24.8 Å². The summed E-state index contributed by atoms with van der Waals surface area (Å²) in [7, 11) is -2.83. The van der Waals surface area contributed by atoms with Gasteiger partial charge in [-0.1, -0.05) is 42.5 Å². The van der Waals surface area contributed by atoms with Crippen molar-refractivity contribution in [2.75, 3.05) is 12.0 Å². The first-order chi connectivity index (χ1) is 13.5. The first-order valence-electron chi connectivity index (χ1n) is 8.04. The molecule has 2 aromatic rings. The van der Waals surface area contributed by atoms with Gasteiger partial charge in [-0.05, 0) is 12.1 Å². The number of aliphatic carboxylic acids is 1. The van der Waals surface area contributed by atoms with Crippen molar-refractivity contribution in [2.45, 2.75) is 6.04 Å². The summed E-state index contributed by atoms with van der Waals surface area (Å²) < 4.78 is 17.4. The Balaban J connectivity index is 0.000000749. The minimum Gasteiger partial charge on any atom is -0.480 e. The summed E-state index contributed by atoms with van der Waals surface area (Å²) in [5.41, 5.74) is 6.02. The number of hydrazine groups is 1. The van der Waals surface area contributed by atoms with Gasteiger partial charge in [0.2, 0.25) is 0 Å². The quantitative estimate of drug-likeness (QED) is 0.240. The topological polar surface area (TPSA) is 133 Å². The fourth-order valence-electron chi connectivity index (χ4n) is 1.94. The van der Waals surface area contributed by atoms with E-state index in [1.807, 2.05) is 6.07 Å². The number of hydrogen-bond donors (Lipinski definition) is 5. The Labute approximate surface area is 178 Å². The normalized spacial score (nSPS) is 13.2. The van der Waals surface area contributed by atoms with E-state index in [0.717, 1.165) is 6.26 Å². The predicted octanol–water partition coefficient (Wildman–Crippen LogP) is 1.37. The van der Waals surface area contributed by atoms with Crippen molar-refractivity contribution >= 4 is 50.2 Å². The summed E-state index contributed by atoms with van der Waals surface area (Å²) in [4.78, 5) is 35.1. The highest BCUT2D eigenvalue weighted by atomic mass is 32.8. The molecule has 11 heteroatoms. The second kappa shape index (κ2) is 11.6. The van der Waals surface area contributed by atoms with E-state index >= 15 is 0 Å². The zero-order valence-electron chi connectivity index (χ0n) is 15.3. The number of carbonyl (C=O) groups is 3. The molecule has 0 aliphatic heterocycles. The molecule has 0 aliphatic rings. The lowest BCUT2D eigenvalue weighted by Crippen LogP contribution is -2.49. The summed E-state index contributed by atoms with van der Waals surface area (Å²) in [6.07, 6.45) is 1.09. The van der Waals surface area contributed by atoms with Crippen LogP contribution in [0.2, 0.25) is 0 Å². The van der Waals surface area contributed by atoms with Crippen LogP contribution in [0.4, 0.5) is 0 Å². The van der Waals surface area contributed by atoms with Crippen molar-refractivity contribution in [1.29, 1.82) is 0 Å². The lowest BCUT2D eigenvalue weighted by atomic mass is 10.0. The van der Waals surface area contributed by atoms with Crippen LogP contribution in [0, 0.1) is 0 Å². The highest BCUT2D eigenvalue weighted by Gasteiger charge is 2.16. The van der Waals surface area contributed by atoms with Crippen molar-refractivity contribution in [3.8, 4) is 0 Å². The smallest absolute Gasteiger partial charge is 0.323 e. The Bertz CT molecular complexity index is 939. The number of benzene rings is 2. The van der Waals surface area contributed by atoms with Gasteiger partial charge in [-0.25, -0.2) is 9.63 Å². The van der Waals surface area contributed by atoms with Crippen molar-refractivity contribution in [1.82, 2.24) is 10.9 Å². The fourth-order valence-corrected chi connectivity index (χ4v) is 2.19. The maximum absolute atomic E-state index is 12.3. The van der Waals surface area contributed by atoms with Crippen LogP contribution < -0.4 is 10.9 Å². The Morgan fingerprint density at radius 1 is 1.03 bits per heavy atom. The van der Waals surface area contributed by atoms with E-state index in [9.17, 15) is 18.6 Å². The molecule has 29 heavy (non-hydrogen) atoms. The minimum absolute atomic E-state index is 0.0279. The first-order valence-corrected chi connectivity index (χ1v) is 11.5. The van der Waals surface area contributed by atoms with Gasteiger partial charge in [-0.2, -0.15) is 12.6 Å². The van der Waals surface area contributed by atoms with Gasteiger partial charge in [0, 0.05) is 39.9 Å². The standard InChI is InChI=1S/C17H16N2O4S.CH4O2S2/c20-15(11-4-2-1-3-5-11)12-6-8-13(9-7-12)16(21)19-18-14(10-24)17(22)23;1-5(2,3)4/h1-9,14,18,24H,10H2,(H,19,21)(H,22,23);1H3,(H,2,3,4)/t14-;/m0./s1. The van der Waals surface area contributed by atoms with Gasteiger partial charge in [0.05, 0.1) is 0 Å². The molecular formula is C18H20N2O6S3. The lowest BCUT2D eigenvalue weighted by Gasteiger charge is -2.13. The Morgan fingerprint density at radius 3 is 1.93 bits per heavy atom. The monoisotopic (exact) mass is 456 g/mol. The van der Waals surface area contributed by atoms with Crippen LogP contribution in [-0.4, -0.2) is 49.6 Å². The summed E-state index contributed by atoms with van der Waals surface area (Å²) in [5, 5.41) is 8.86. The molecule has 0 heterocycles. The molecule has 0 saturated carbocycles. The zero-order chi connectivity index (χ0) is 22.0. The van der Waals surface area contributed by atoms with Crippen LogP contribution in [0.3, 0.4) is 0 Å². The second-order valence-electron chi connectivity index (χ2n) is 5.68. The molecule has 0 bridgehead atoms. The van der Waals surface area contributed by atoms with Crippen molar-refractivity contribution < 1.29 is 28.3 Å². The average Bonchev–Trinajstić information content (AvgIpc) is 2.67. The van der Waals surface area contributed by atoms with E-state index in [2.05, 4.69) is 34.7 Å². The molecule has 4 N–H and O–H groups in total. The minimum atomic E-state index is -2.83. The van der Waals surface area contributed by atoms with Crippen LogP contribution in [0.5, 0.6) is 0 Å². The van der Waals surface area contributed by atoms with Crippen molar-refractivity contribution in [3.05, 3.63) is 71.3 Å². The van der Waals surface area contributed by atoms with Crippen molar-refractivity contribution in [2.24, 2.45) is 0 Å². The van der Waals surface area contributed by atoms with Crippen LogP contribution >= 0.6 is 12.6 Å². The molecule has 0 aromatic heterocycles. The highest BCUT2D eigenvalue weighted by molar-refractivity contribution is 8.29. The summed E-state index contributed by atoms with van der Waals surface area (Å²) in [6.45, 7) is 0. The van der Waals surface area contributed by atoms with E-state index in [-0.39, 0.29) is 11.5 Å². The summed E-state index contributed by atoms with van der Waals surface area (Å²) in [6, 6.07) is 13.9. The molecule has 0 fully saturated rings. The third-order valence-corrected chi connectivity index (χ3v) is 3.65. The number of carboxylic acids is 1. The highest BCUT2D eigenvalue weighted by Crippen LogP contribution is 2.11. The van der Waals surface area contributed by atoms with Crippen molar-refractivity contribution in [3.63, 3.8) is 0 Å². The SMILES string of the molecule is CS(=O)(O)=S.O=C(NN[C@@H](CS)C(=O)O)c1ccc(C(=O)c2ccccc2)cc1. The first kappa shape index (κ1) is 24.7. The molecule has 156 valence electrons. The molecular weight excluding hydrogens is 436 g/mol. The van der Waals surface area contributed by atoms with Gasteiger partial charge in [0.25, 0.3) is 5.91 Å². The number of nitrogens with one attached hydrogen (secondary N) is 2. The number of carboxylic acid groups (broad SMARTS) is 1. The fraction of sp³-hybridized carbons (Fsp3) is 0.167. The molecule has 8 nitrogen and oxygen atoms in total. The Kier molecular flexibility index (Phi) is 9.92. The Morgan fingerprint density at radius 2 is 1.48 bits per heavy atom. The summed E-state index contributed by atoms with van der Waals surface area (Å²) >= 11 is 7.79. The molecule has 1 unspecified atom stereocenters. The van der Waals surface area contributed by atoms with Crippen LogP contribution in [0.1, 0.15) is 26.3 Å². The van der Waals surface area contributed by atoms with E-state index < -0.39 is 26.7 Å². The molecule has 1 amide bonds. The van der Waals surface area contributed by atoms with Gasteiger partial charge in [0.1, 0.15) is 14.8 Å². The third kappa shape index (κ3) is 9.63. The molecule has 2 atom stereocenters. The molecule has 0 spiro atoms. The number of ketones is 1. The Hall–Kier alpha value is -2.31. The molecule has 0 saturated heterocycles. The van der Waals surface area contributed by atoms with E-state index in [0.29, 0.717) is 16.7 Å². The van der Waals surface area contributed by atoms with Gasteiger partial charge in [-0.15, -0.1) is 0 Å². The number of amides is 1. The van der Waals surface area contributed by atoms with Crippen LogP contribution in [0.15, 0.2) is 54.6 Å². The largest absolute Gasteiger partial charge is 0.480 e. The molecule has 0 radical (unpaired) electrons. The number of hydrogen-bond acceptors (Lipinski definition) is 7. The second-order valence-corrected chi connectivity index (χ2v) is 9.36. The predicted molar refractivity (Wildman–Crippen MR) is 116 cm³/mol. The maximum atomic E-state index is 12.3. The lowest BCUT2D eigenvalue weighted by molar-refractivity contribution is -0.139. The number of carbonyl (C=O) groups excluding carboxylic acids is 2.